The lowest BCUT2D eigenvalue weighted by Crippen LogP contribution is -2.23. The van der Waals surface area contributed by atoms with Crippen molar-refractivity contribution in [1.29, 1.82) is 5.26 Å². The Balaban J connectivity index is 2.20. The van der Waals surface area contributed by atoms with Crippen LogP contribution in [0.5, 0.6) is 0 Å². The Morgan fingerprint density at radius 2 is 2.19 bits per heavy atom. The van der Waals surface area contributed by atoms with Crippen LogP contribution in [0.25, 0.3) is 0 Å². The molecular weight excluding hydrogens is 264 g/mol. The summed E-state index contributed by atoms with van der Waals surface area (Å²) in [5, 5.41) is 16.2. The van der Waals surface area contributed by atoms with E-state index in [1.165, 1.54) is 4.68 Å². The summed E-state index contributed by atoms with van der Waals surface area (Å²) in [7, 11) is 0. The predicted octanol–water partition coefficient (Wildman–Crippen LogP) is 2.29. The van der Waals surface area contributed by atoms with Crippen molar-refractivity contribution in [3.8, 4) is 6.07 Å². The maximum Gasteiger partial charge on any atom is 0.269 e. The molecule has 0 radical (unpaired) electrons. The van der Waals surface area contributed by atoms with Crippen LogP contribution in [0.15, 0.2) is 35.3 Å². The van der Waals surface area contributed by atoms with Crippen molar-refractivity contribution >= 4 is 5.69 Å². The number of nitriles is 1. The maximum atomic E-state index is 12.1. The number of nitrogens with one attached hydrogen (secondary N) is 1. The minimum Gasteiger partial charge on any atom is -0.384 e. The van der Waals surface area contributed by atoms with E-state index >= 15 is 0 Å². The Morgan fingerprint density at radius 1 is 1.38 bits per heavy atom. The molecule has 1 heterocycles. The first-order valence-electron chi connectivity index (χ1n) is 6.94. The molecule has 2 aromatic rings. The first-order valence-corrected chi connectivity index (χ1v) is 6.94. The zero-order valence-corrected chi connectivity index (χ0v) is 12.3. The standard InChI is InChI=1S/C16H18N4O/c1-3-6-18-15-8-16(21)20(19-10-15)11-14-5-4-13(9-17)7-12(14)2/h4-5,7-8,10,18H,3,6,11H2,1-2H3. The molecule has 0 bridgehead atoms. The fraction of sp³-hybridized carbons (Fsp3) is 0.312. The molecule has 2 rings (SSSR count). The molecule has 0 aliphatic heterocycles. The molecular formula is C16H18N4O. The van der Waals surface area contributed by atoms with Gasteiger partial charge in [0.25, 0.3) is 5.56 Å². The normalized spacial score (nSPS) is 10.1. The maximum absolute atomic E-state index is 12.1. The van der Waals surface area contributed by atoms with Crippen LogP contribution >= 0.6 is 0 Å². The van der Waals surface area contributed by atoms with Gasteiger partial charge >= 0.3 is 0 Å². The molecule has 5 nitrogen and oxygen atoms in total. The molecule has 108 valence electrons. The fourth-order valence-corrected chi connectivity index (χ4v) is 2.02. The number of hydrogen-bond acceptors (Lipinski definition) is 4. The van der Waals surface area contributed by atoms with Crippen LogP contribution in [-0.4, -0.2) is 16.3 Å². The molecule has 21 heavy (non-hydrogen) atoms. The van der Waals surface area contributed by atoms with Crippen molar-refractivity contribution in [1.82, 2.24) is 9.78 Å². The largest absolute Gasteiger partial charge is 0.384 e. The second-order valence-corrected chi connectivity index (χ2v) is 4.92. The molecule has 0 fully saturated rings. The van der Waals surface area contributed by atoms with Gasteiger partial charge in [0, 0.05) is 12.6 Å². The molecule has 0 aliphatic rings. The van der Waals surface area contributed by atoms with Gasteiger partial charge in [0.2, 0.25) is 0 Å². The Labute approximate surface area is 123 Å². The van der Waals surface area contributed by atoms with Crippen molar-refractivity contribution < 1.29 is 0 Å². The third kappa shape index (κ3) is 3.69. The minimum absolute atomic E-state index is 0.139. The van der Waals surface area contributed by atoms with Gasteiger partial charge in [-0.05, 0) is 36.6 Å². The van der Waals surface area contributed by atoms with Gasteiger partial charge in [0.15, 0.2) is 0 Å². The lowest BCUT2D eigenvalue weighted by atomic mass is 10.1. The van der Waals surface area contributed by atoms with Crippen LogP contribution in [0.3, 0.4) is 0 Å². The second-order valence-electron chi connectivity index (χ2n) is 4.92. The topological polar surface area (TPSA) is 70.7 Å². The van der Waals surface area contributed by atoms with E-state index in [0.29, 0.717) is 12.1 Å². The van der Waals surface area contributed by atoms with Crippen LogP contribution in [-0.2, 0) is 6.54 Å². The van der Waals surface area contributed by atoms with E-state index in [4.69, 9.17) is 5.26 Å². The van der Waals surface area contributed by atoms with Crippen molar-refractivity contribution in [2.24, 2.45) is 0 Å². The number of aryl methyl sites for hydroxylation is 1. The molecule has 0 amide bonds. The SMILES string of the molecule is CCCNc1cnn(Cc2ccc(C#N)cc2C)c(=O)c1. The van der Waals surface area contributed by atoms with Crippen molar-refractivity contribution in [2.45, 2.75) is 26.8 Å². The van der Waals surface area contributed by atoms with Crippen molar-refractivity contribution in [3.05, 3.63) is 57.5 Å². The van der Waals surface area contributed by atoms with Gasteiger partial charge in [0.1, 0.15) is 0 Å². The van der Waals surface area contributed by atoms with E-state index in [9.17, 15) is 4.79 Å². The van der Waals surface area contributed by atoms with Gasteiger partial charge in [-0.1, -0.05) is 13.0 Å². The highest BCUT2D eigenvalue weighted by Crippen LogP contribution is 2.11. The molecule has 5 heteroatoms. The lowest BCUT2D eigenvalue weighted by Gasteiger charge is -2.09. The van der Waals surface area contributed by atoms with E-state index in [0.717, 1.165) is 29.8 Å². The summed E-state index contributed by atoms with van der Waals surface area (Å²) in [4.78, 5) is 12.1. The average molecular weight is 282 g/mol. The van der Waals surface area contributed by atoms with E-state index < -0.39 is 0 Å². The lowest BCUT2D eigenvalue weighted by molar-refractivity contribution is 0.637. The number of aromatic nitrogens is 2. The number of hydrogen-bond donors (Lipinski definition) is 1. The van der Waals surface area contributed by atoms with Gasteiger partial charge in [-0.3, -0.25) is 4.79 Å². The van der Waals surface area contributed by atoms with Crippen molar-refractivity contribution in [2.75, 3.05) is 11.9 Å². The molecule has 0 saturated heterocycles. The average Bonchev–Trinajstić information content (AvgIpc) is 2.49. The second kappa shape index (κ2) is 6.71. The Hall–Kier alpha value is -2.61. The summed E-state index contributed by atoms with van der Waals surface area (Å²) in [6.45, 7) is 5.22. The van der Waals surface area contributed by atoms with Crippen molar-refractivity contribution in [3.63, 3.8) is 0 Å². The predicted molar refractivity (Wildman–Crippen MR) is 82.3 cm³/mol. The highest BCUT2D eigenvalue weighted by Gasteiger charge is 2.04. The monoisotopic (exact) mass is 282 g/mol. The Morgan fingerprint density at radius 3 is 2.81 bits per heavy atom. The highest BCUT2D eigenvalue weighted by atomic mass is 16.1. The summed E-state index contributed by atoms with van der Waals surface area (Å²) in [6.07, 6.45) is 2.66. The van der Waals surface area contributed by atoms with Gasteiger partial charge in [-0.15, -0.1) is 0 Å². The summed E-state index contributed by atoms with van der Waals surface area (Å²) in [5.41, 5.74) is 3.19. The Kier molecular flexibility index (Phi) is 4.72. The molecule has 0 spiro atoms. The van der Waals surface area contributed by atoms with Crippen LogP contribution in [0.2, 0.25) is 0 Å². The van der Waals surface area contributed by atoms with Crippen LogP contribution in [0.1, 0.15) is 30.0 Å². The molecule has 0 saturated carbocycles. The van der Waals surface area contributed by atoms with E-state index in [-0.39, 0.29) is 5.56 Å². The van der Waals surface area contributed by atoms with Gasteiger partial charge in [-0.2, -0.15) is 10.4 Å². The van der Waals surface area contributed by atoms with Crippen LogP contribution in [0, 0.1) is 18.3 Å². The first kappa shape index (κ1) is 14.8. The third-order valence-corrected chi connectivity index (χ3v) is 3.24. The summed E-state index contributed by atoms with van der Waals surface area (Å²) < 4.78 is 1.42. The number of benzene rings is 1. The first-order chi connectivity index (χ1) is 10.1. The fourth-order valence-electron chi connectivity index (χ4n) is 2.02. The zero-order chi connectivity index (χ0) is 15.2. The van der Waals surface area contributed by atoms with Gasteiger partial charge in [0.05, 0.1) is 30.1 Å². The molecule has 0 unspecified atom stereocenters. The number of anilines is 1. The molecule has 0 aliphatic carbocycles. The minimum atomic E-state index is -0.139. The van der Waals surface area contributed by atoms with Crippen LogP contribution in [0.4, 0.5) is 5.69 Å². The molecule has 1 aromatic carbocycles. The summed E-state index contributed by atoms with van der Waals surface area (Å²) in [6, 6.07) is 9.10. The molecule has 0 atom stereocenters. The highest BCUT2D eigenvalue weighted by molar-refractivity contribution is 5.39. The van der Waals surface area contributed by atoms with Crippen LogP contribution < -0.4 is 10.9 Å². The third-order valence-electron chi connectivity index (χ3n) is 3.24. The summed E-state index contributed by atoms with van der Waals surface area (Å²) in [5.74, 6) is 0. The quantitative estimate of drug-likeness (QED) is 0.913. The number of rotatable bonds is 5. The van der Waals surface area contributed by atoms with E-state index in [1.807, 2.05) is 19.1 Å². The summed E-state index contributed by atoms with van der Waals surface area (Å²) >= 11 is 0. The molecule has 1 N–H and O–H groups in total. The Bertz CT molecular complexity index is 728. The molecule has 1 aromatic heterocycles. The van der Waals surface area contributed by atoms with E-state index in [1.54, 1.807) is 18.3 Å². The van der Waals surface area contributed by atoms with Gasteiger partial charge < -0.3 is 5.32 Å². The van der Waals surface area contributed by atoms with E-state index in [2.05, 4.69) is 23.4 Å². The smallest absolute Gasteiger partial charge is 0.269 e. The number of nitrogens with zero attached hydrogens (tertiary/aromatic N) is 3. The zero-order valence-electron chi connectivity index (χ0n) is 12.3. The van der Waals surface area contributed by atoms with Gasteiger partial charge in [-0.25, -0.2) is 4.68 Å².